The Morgan fingerprint density at radius 2 is 1.90 bits per heavy atom. The Morgan fingerprint density at radius 3 is 2.62 bits per heavy atom. The van der Waals surface area contributed by atoms with Gasteiger partial charge in [-0.2, -0.15) is 0 Å². The van der Waals surface area contributed by atoms with E-state index in [0.717, 1.165) is 16.9 Å². The normalized spacial score (nSPS) is 14.6. The molecule has 0 bridgehead atoms. The molecule has 0 unspecified atom stereocenters. The van der Waals surface area contributed by atoms with E-state index in [1.54, 1.807) is 13.2 Å². The van der Waals surface area contributed by atoms with E-state index in [-0.39, 0.29) is 6.61 Å². The summed E-state index contributed by atoms with van der Waals surface area (Å²) >= 11 is 0. The Bertz CT molecular complexity index is 664. The average Bonchev–Trinajstić information content (AvgIpc) is 2.95. The molecule has 1 N–H and O–H groups in total. The molecule has 2 aromatic carbocycles. The van der Waals surface area contributed by atoms with Crippen LogP contribution in [0.4, 0.5) is 0 Å². The van der Waals surface area contributed by atoms with Crippen molar-refractivity contribution < 1.29 is 19.4 Å². The summed E-state index contributed by atoms with van der Waals surface area (Å²) in [7, 11) is 1.64. The highest BCUT2D eigenvalue weighted by molar-refractivity contribution is 6.06. The van der Waals surface area contributed by atoms with Crippen LogP contribution in [-0.4, -0.2) is 24.6 Å². The first-order chi connectivity index (χ1) is 10.3. The minimum Gasteiger partial charge on any atom is -0.497 e. The van der Waals surface area contributed by atoms with Gasteiger partial charge < -0.3 is 19.4 Å². The highest BCUT2D eigenvalue weighted by atomic mass is 16.5. The summed E-state index contributed by atoms with van der Waals surface area (Å²) in [6.45, 7) is 0.748. The smallest absolute Gasteiger partial charge is 0.134 e. The van der Waals surface area contributed by atoms with Crippen LogP contribution in [0, 0.1) is 0 Å². The van der Waals surface area contributed by atoms with Crippen LogP contribution in [0.2, 0.25) is 0 Å². The average molecular weight is 285 g/mol. The summed E-state index contributed by atoms with van der Waals surface area (Å²) in [5, 5.41) is 12.1. The summed E-state index contributed by atoms with van der Waals surface area (Å²) in [6, 6.07) is 13.2. The predicted molar refractivity (Wildman–Crippen MR) is 77.6 cm³/mol. The van der Waals surface area contributed by atoms with Gasteiger partial charge in [0, 0.05) is 11.6 Å². The van der Waals surface area contributed by atoms with Crippen molar-refractivity contribution in [3.8, 4) is 17.2 Å². The van der Waals surface area contributed by atoms with Crippen LogP contribution >= 0.6 is 0 Å². The lowest BCUT2D eigenvalue weighted by Gasteiger charge is -2.08. The second kappa shape index (κ2) is 5.75. The summed E-state index contributed by atoms with van der Waals surface area (Å²) in [4.78, 5) is 0. The Kier molecular flexibility index (Phi) is 3.64. The fourth-order valence-corrected chi connectivity index (χ4v) is 2.15. The van der Waals surface area contributed by atoms with E-state index >= 15 is 0 Å². The van der Waals surface area contributed by atoms with E-state index in [1.165, 1.54) is 0 Å². The quantitative estimate of drug-likeness (QED) is 0.693. The molecule has 0 atom stereocenters. The van der Waals surface area contributed by atoms with Crippen LogP contribution in [0.3, 0.4) is 0 Å². The molecule has 0 saturated carbocycles. The van der Waals surface area contributed by atoms with Crippen molar-refractivity contribution in [1.82, 2.24) is 0 Å². The van der Waals surface area contributed by atoms with Crippen molar-refractivity contribution in [2.45, 2.75) is 6.61 Å². The molecule has 0 spiro atoms. The van der Waals surface area contributed by atoms with Gasteiger partial charge in [0.1, 0.15) is 36.2 Å². The molecule has 0 fully saturated rings. The highest BCUT2D eigenvalue weighted by Gasteiger charge is 2.20. The zero-order valence-electron chi connectivity index (χ0n) is 11.6. The molecule has 21 heavy (non-hydrogen) atoms. The van der Waals surface area contributed by atoms with Crippen molar-refractivity contribution in [3.05, 3.63) is 53.6 Å². The Morgan fingerprint density at radius 1 is 1.14 bits per heavy atom. The summed E-state index contributed by atoms with van der Waals surface area (Å²) in [5.41, 5.74) is 2.39. The van der Waals surface area contributed by atoms with E-state index in [0.29, 0.717) is 23.8 Å². The molecule has 5 heteroatoms. The second-order valence-corrected chi connectivity index (χ2v) is 4.63. The molecule has 108 valence electrons. The molecule has 3 rings (SSSR count). The summed E-state index contributed by atoms with van der Waals surface area (Å²) < 4.78 is 16.3. The van der Waals surface area contributed by atoms with Gasteiger partial charge in [-0.25, -0.2) is 0 Å². The molecule has 0 radical (unpaired) electrons. The number of oxime groups is 1. The van der Waals surface area contributed by atoms with Crippen LogP contribution in [0.15, 0.2) is 47.6 Å². The van der Waals surface area contributed by atoms with E-state index in [1.807, 2.05) is 36.4 Å². The van der Waals surface area contributed by atoms with Gasteiger partial charge in [0.2, 0.25) is 0 Å². The lowest BCUT2D eigenvalue weighted by atomic mass is 10.1. The first kappa shape index (κ1) is 13.3. The highest BCUT2D eigenvalue weighted by Crippen LogP contribution is 2.30. The third-order valence-corrected chi connectivity index (χ3v) is 3.31. The standard InChI is InChI=1S/C16H15NO4/c1-19-12-4-2-11(3-5-12)9-20-13-6-7-14-15(17-18)10-21-16(14)8-13/h2-8,18H,9-10H2,1H3. The molecule has 0 aromatic heterocycles. The number of benzene rings is 2. The molecule has 1 aliphatic heterocycles. The zero-order chi connectivity index (χ0) is 14.7. The Hall–Kier alpha value is -2.69. The van der Waals surface area contributed by atoms with Gasteiger partial charge in [-0.15, -0.1) is 0 Å². The van der Waals surface area contributed by atoms with Gasteiger partial charge in [0.05, 0.1) is 7.11 Å². The van der Waals surface area contributed by atoms with Crippen molar-refractivity contribution in [2.24, 2.45) is 5.16 Å². The maximum atomic E-state index is 8.84. The topological polar surface area (TPSA) is 60.3 Å². The molecule has 2 aromatic rings. The second-order valence-electron chi connectivity index (χ2n) is 4.63. The van der Waals surface area contributed by atoms with Crippen LogP contribution < -0.4 is 14.2 Å². The number of nitrogens with zero attached hydrogens (tertiary/aromatic N) is 1. The van der Waals surface area contributed by atoms with E-state index in [9.17, 15) is 0 Å². The van der Waals surface area contributed by atoms with Gasteiger partial charge in [-0.3, -0.25) is 0 Å². The van der Waals surface area contributed by atoms with Crippen molar-refractivity contribution in [2.75, 3.05) is 13.7 Å². The van der Waals surface area contributed by atoms with Gasteiger partial charge in [-0.1, -0.05) is 17.3 Å². The first-order valence-corrected chi connectivity index (χ1v) is 6.54. The van der Waals surface area contributed by atoms with Crippen LogP contribution in [0.25, 0.3) is 0 Å². The summed E-state index contributed by atoms with van der Waals surface area (Å²) in [6.07, 6.45) is 0. The van der Waals surface area contributed by atoms with Gasteiger partial charge >= 0.3 is 0 Å². The van der Waals surface area contributed by atoms with Crippen molar-refractivity contribution >= 4 is 5.71 Å². The molecule has 0 amide bonds. The Balaban J connectivity index is 1.68. The lowest BCUT2D eigenvalue weighted by Crippen LogP contribution is -2.01. The van der Waals surface area contributed by atoms with Crippen LogP contribution in [0.1, 0.15) is 11.1 Å². The number of methoxy groups -OCH3 is 1. The molecule has 0 saturated heterocycles. The van der Waals surface area contributed by atoms with Gasteiger partial charge in [0.15, 0.2) is 0 Å². The molecule has 1 heterocycles. The molecule has 5 nitrogen and oxygen atoms in total. The van der Waals surface area contributed by atoms with Crippen LogP contribution in [-0.2, 0) is 6.61 Å². The maximum absolute atomic E-state index is 8.84. The Labute approximate surface area is 122 Å². The molecular weight excluding hydrogens is 270 g/mol. The van der Waals surface area contributed by atoms with E-state index in [4.69, 9.17) is 19.4 Å². The number of hydrogen-bond acceptors (Lipinski definition) is 5. The minimum atomic E-state index is 0.285. The fourth-order valence-electron chi connectivity index (χ4n) is 2.15. The third kappa shape index (κ3) is 2.76. The van der Waals surface area contributed by atoms with Crippen LogP contribution in [0.5, 0.6) is 17.2 Å². The number of ether oxygens (including phenoxy) is 3. The van der Waals surface area contributed by atoms with E-state index < -0.39 is 0 Å². The largest absolute Gasteiger partial charge is 0.497 e. The van der Waals surface area contributed by atoms with Gasteiger partial charge in [-0.05, 0) is 29.8 Å². The molecule has 1 aliphatic rings. The third-order valence-electron chi connectivity index (χ3n) is 3.31. The predicted octanol–water partition coefficient (Wildman–Crippen LogP) is 2.84. The SMILES string of the molecule is COc1ccc(COc2ccc3c(c2)OCC3=NO)cc1. The maximum Gasteiger partial charge on any atom is 0.134 e. The van der Waals surface area contributed by atoms with Crippen molar-refractivity contribution in [1.29, 1.82) is 0 Å². The lowest BCUT2D eigenvalue weighted by molar-refractivity contribution is 0.302. The van der Waals surface area contributed by atoms with E-state index in [2.05, 4.69) is 5.16 Å². The molecule has 0 aliphatic carbocycles. The number of rotatable bonds is 4. The first-order valence-electron chi connectivity index (χ1n) is 6.54. The monoisotopic (exact) mass is 285 g/mol. The number of fused-ring (bicyclic) bond motifs is 1. The van der Waals surface area contributed by atoms with Gasteiger partial charge in [0.25, 0.3) is 0 Å². The zero-order valence-corrected chi connectivity index (χ0v) is 11.6. The molecular formula is C16H15NO4. The number of hydrogen-bond donors (Lipinski definition) is 1. The fraction of sp³-hybridized carbons (Fsp3) is 0.188. The minimum absolute atomic E-state index is 0.285. The summed E-state index contributed by atoms with van der Waals surface area (Å²) in [5.74, 6) is 2.21. The van der Waals surface area contributed by atoms with Crippen molar-refractivity contribution in [3.63, 3.8) is 0 Å².